The van der Waals surface area contributed by atoms with Gasteiger partial charge in [-0.25, -0.2) is 8.42 Å². The van der Waals surface area contributed by atoms with Gasteiger partial charge in [0.1, 0.15) is 0 Å². The summed E-state index contributed by atoms with van der Waals surface area (Å²) in [6, 6.07) is 5.45. The van der Waals surface area contributed by atoms with Gasteiger partial charge in [0.2, 0.25) is 10.0 Å². The van der Waals surface area contributed by atoms with Gasteiger partial charge in [-0.2, -0.15) is 4.31 Å². The highest BCUT2D eigenvalue weighted by molar-refractivity contribution is 7.89. The highest BCUT2D eigenvalue weighted by atomic mass is 32.2. The average Bonchev–Trinajstić information content (AvgIpc) is 2.44. The van der Waals surface area contributed by atoms with E-state index >= 15 is 0 Å². The quantitative estimate of drug-likeness (QED) is 0.844. The van der Waals surface area contributed by atoms with E-state index in [9.17, 15) is 8.42 Å². The summed E-state index contributed by atoms with van der Waals surface area (Å²) in [5, 5.41) is 0. The lowest BCUT2D eigenvalue weighted by Gasteiger charge is -2.52. The van der Waals surface area contributed by atoms with E-state index in [1.807, 2.05) is 26.8 Å². The van der Waals surface area contributed by atoms with Gasteiger partial charge in [-0.15, -0.1) is 0 Å². The molecule has 2 heterocycles. The number of ether oxygens (including phenoxy) is 2. The first-order valence-corrected chi connectivity index (χ1v) is 9.63. The van der Waals surface area contributed by atoms with Crippen LogP contribution in [0.2, 0.25) is 0 Å². The van der Waals surface area contributed by atoms with E-state index in [2.05, 4.69) is 0 Å². The zero-order valence-electron chi connectivity index (χ0n) is 14.0. The molecule has 5 nitrogen and oxygen atoms in total. The molecular formula is C17H25NO4S. The number of sulfonamides is 1. The summed E-state index contributed by atoms with van der Waals surface area (Å²) in [7, 11) is -3.44. The standard InChI is InChI=1S/C17H25NO4S/c1-4-21-15-5-6-22-17(10-15)11-18(12-17)23(19,20)16-8-13(2)7-14(3)9-16/h7-9,15H,4-6,10-12H2,1-3H3/t15-/m0/s1. The maximum atomic E-state index is 12.8. The van der Waals surface area contributed by atoms with Gasteiger partial charge in [0, 0.05) is 32.7 Å². The van der Waals surface area contributed by atoms with E-state index in [0.717, 1.165) is 24.0 Å². The fraction of sp³-hybridized carbons (Fsp3) is 0.647. The topological polar surface area (TPSA) is 55.8 Å². The summed E-state index contributed by atoms with van der Waals surface area (Å²) in [5.74, 6) is 0. The van der Waals surface area contributed by atoms with E-state index < -0.39 is 10.0 Å². The molecule has 2 saturated heterocycles. The zero-order chi connectivity index (χ0) is 16.7. The molecule has 3 rings (SSSR count). The van der Waals surface area contributed by atoms with Crippen molar-refractivity contribution in [1.82, 2.24) is 4.31 Å². The Bertz CT molecular complexity index is 658. The van der Waals surface area contributed by atoms with Gasteiger partial charge in [0.05, 0.1) is 16.6 Å². The van der Waals surface area contributed by atoms with Crippen LogP contribution in [0.25, 0.3) is 0 Å². The predicted octanol–water partition coefficient (Wildman–Crippen LogP) is 2.26. The van der Waals surface area contributed by atoms with Crippen LogP contribution in [0.5, 0.6) is 0 Å². The summed E-state index contributed by atoms with van der Waals surface area (Å²) in [6.45, 7) is 7.99. The summed E-state index contributed by atoms with van der Waals surface area (Å²) in [6.07, 6.45) is 1.85. The third kappa shape index (κ3) is 3.31. The second-order valence-corrected chi connectivity index (χ2v) is 8.64. The Morgan fingerprint density at radius 2 is 1.91 bits per heavy atom. The lowest BCUT2D eigenvalue weighted by Crippen LogP contribution is -2.67. The fourth-order valence-corrected chi connectivity index (χ4v) is 5.36. The maximum absolute atomic E-state index is 12.8. The van der Waals surface area contributed by atoms with Gasteiger partial charge < -0.3 is 9.47 Å². The van der Waals surface area contributed by atoms with Crippen molar-refractivity contribution in [1.29, 1.82) is 0 Å². The number of rotatable bonds is 4. The molecule has 0 radical (unpaired) electrons. The van der Waals surface area contributed by atoms with E-state index in [-0.39, 0.29) is 11.7 Å². The van der Waals surface area contributed by atoms with E-state index in [1.165, 1.54) is 4.31 Å². The Morgan fingerprint density at radius 3 is 2.52 bits per heavy atom. The minimum absolute atomic E-state index is 0.180. The third-order valence-electron chi connectivity index (χ3n) is 4.61. The van der Waals surface area contributed by atoms with Crippen LogP contribution in [0, 0.1) is 13.8 Å². The largest absolute Gasteiger partial charge is 0.378 e. The van der Waals surface area contributed by atoms with Crippen LogP contribution in [0.1, 0.15) is 30.9 Å². The van der Waals surface area contributed by atoms with Crippen molar-refractivity contribution in [2.75, 3.05) is 26.3 Å². The minimum Gasteiger partial charge on any atom is -0.378 e. The predicted molar refractivity (Wildman–Crippen MR) is 88.0 cm³/mol. The molecule has 128 valence electrons. The second kappa shape index (κ2) is 6.16. The van der Waals surface area contributed by atoms with Gasteiger partial charge in [-0.05, 0) is 50.5 Å². The normalized spacial score (nSPS) is 24.6. The summed E-state index contributed by atoms with van der Waals surface area (Å²) in [5.41, 5.74) is 1.57. The first-order chi connectivity index (χ1) is 10.8. The highest BCUT2D eigenvalue weighted by Gasteiger charge is 2.52. The Morgan fingerprint density at radius 1 is 1.26 bits per heavy atom. The van der Waals surface area contributed by atoms with Crippen molar-refractivity contribution >= 4 is 10.0 Å². The highest BCUT2D eigenvalue weighted by Crippen LogP contribution is 2.38. The third-order valence-corrected chi connectivity index (χ3v) is 6.38. The fourth-order valence-electron chi connectivity index (χ4n) is 3.58. The lowest BCUT2D eigenvalue weighted by molar-refractivity contribution is -0.177. The first kappa shape index (κ1) is 16.9. The number of hydrogen-bond donors (Lipinski definition) is 0. The number of benzene rings is 1. The Balaban J connectivity index is 1.72. The molecule has 1 atom stereocenters. The average molecular weight is 339 g/mol. The van der Waals surface area contributed by atoms with Crippen molar-refractivity contribution in [2.24, 2.45) is 0 Å². The Kier molecular flexibility index (Phi) is 4.53. The van der Waals surface area contributed by atoms with Gasteiger partial charge in [-0.1, -0.05) is 6.07 Å². The molecule has 1 aromatic rings. The van der Waals surface area contributed by atoms with Crippen LogP contribution in [-0.2, 0) is 19.5 Å². The molecule has 0 bridgehead atoms. The molecule has 1 spiro atoms. The molecule has 1 aromatic carbocycles. The first-order valence-electron chi connectivity index (χ1n) is 8.19. The SMILES string of the molecule is CCO[C@H]1CCOC2(C1)CN(S(=O)(=O)c1cc(C)cc(C)c1)C2. The van der Waals surface area contributed by atoms with Crippen molar-refractivity contribution < 1.29 is 17.9 Å². The van der Waals surface area contributed by atoms with E-state index in [0.29, 0.717) is 31.2 Å². The maximum Gasteiger partial charge on any atom is 0.243 e. The molecule has 0 amide bonds. The van der Waals surface area contributed by atoms with Gasteiger partial charge in [0.15, 0.2) is 0 Å². The summed E-state index contributed by atoms with van der Waals surface area (Å²) < 4.78 is 38.7. The number of aryl methyl sites for hydroxylation is 2. The van der Waals surface area contributed by atoms with Crippen molar-refractivity contribution in [3.05, 3.63) is 29.3 Å². The van der Waals surface area contributed by atoms with E-state index in [4.69, 9.17) is 9.47 Å². The molecule has 0 aromatic heterocycles. The smallest absolute Gasteiger partial charge is 0.243 e. The molecule has 0 unspecified atom stereocenters. The summed E-state index contributed by atoms with van der Waals surface area (Å²) in [4.78, 5) is 0.377. The van der Waals surface area contributed by atoms with Gasteiger partial charge in [0.25, 0.3) is 0 Å². The van der Waals surface area contributed by atoms with Crippen molar-refractivity contribution in [3.8, 4) is 0 Å². The molecule has 0 aliphatic carbocycles. The molecule has 2 aliphatic rings. The van der Waals surface area contributed by atoms with Crippen LogP contribution >= 0.6 is 0 Å². The molecular weight excluding hydrogens is 314 g/mol. The van der Waals surface area contributed by atoms with Crippen LogP contribution < -0.4 is 0 Å². The second-order valence-electron chi connectivity index (χ2n) is 6.70. The van der Waals surface area contributed by atoms with E-state index in [1.54, 1.807) is 12.1 Å². The van der Waals surface area contributed by atoms with Crippen LogP contribution in [0.3, 0.4) is 0 Å². The van der Waals surface area contributed by atoms with Crippen molar-refractivity contribution in [2.45, 2.75) is 50.2 Å². The van der Waals surface area contributed by atoms with Crippen LogP contribution in [0.4, 0.5) is 0 Å². The van der Waals surface area contributed by atoms with Crippen LogP contribution in [-0.4, -0.2) is 50.7 Å². The molecule has 23 heavy (non-hydrogen) atoms. The Labute approximate surface area is 138 Å². The number of nitrogens with zero attached hydrogens (tertiary/aromatic N) is 1. The number of hydrogen-bond acceptors (Lipinski definition) is 4. The monoisotopic (exact) mass is 339 g/mol. The van der Waals surface area contributed by atoms with Crippen LogP contribution in [0.15, 0.2) is 23.1 Å². The van der Waals surface area contributed by atoms with Crippen molar-refractivity contribution in [3.63, 3.8) is 0 Å². The molecule has 0 N–H and O–H groups in total. The lowest BCUT2D eigenvalue weighted by atomic mass is 9.86. The van der Waals surface area contributed by atoms with Gasteiger partial charge in [-0.3, -0.25) is 0 Å². The Hall–Kier alpha value is -0.950. The zero-order valence-corrected chi connectivity index (χ0v) is 14.9. The summed E-state index contributed by atoms with van der Waals surface area (Å²) >= 11 is 0. The van der Waals surface area contributed by atoms with Gasteiger partial charge >= 0.3 is 0 Å². The molecule has 6 heteroatoms. The molecule has 2 fully saturated rings. The molecule has 0 saturated carbocycles. The minimum atomic E-state index is -3.44. The molecule has 2 aliphatic heterocycles.